The van der Waals surface area contributed by atoms with E-state index < -0.39 is 11.9 Å². The molecular formula is C34H29N3O8S2. The highest BCUT2D eigenvalue weighted by molar-refractivity contribution is 7.25. The van der Waals surface area contributed by atoms with Gasteiger partial charge in [0.1, 0.15) is 26.4 Å². The highest BCUT2D eigenvalue weighted by atomic mass is 32.1. The Balaban J connectivity index is 1.32. The van der Waals surface area contributed by atoms with Gasteiger partial charge in [0.05, 0.1) is 61.7 Å². The average molecular weight is 672 g/mol. The first-order valence-electron chi connectivity index (χ1n) is 15.1. The quantitative estimate of drug-likeness (QED) is 0.160. The predicted molar refractivity (Wildman–Crippen MR) is 176 cm³/mol. The van der Waals surface area contributed by atoms with Gasteiger partial charge in [0, 0.05) is 17.3 Å². The number of carbonyl (C=O) groups excluding carboxylic acids is 2. The van der Waals surface area contributed by atoms with Gasteiger partial charge >= 0.3 is 11.9 Å². The van der Waals surface area contributed by atoms with Crippen LogP contribution >= 0.6 is 22.7 Å². The Kier molecular flexibility index (Phi) is 8.48. The van der Waals surface area contributed by atoms with Crippen molar-refractivity contribution in [1.29, 1.82) is 0 Å². The number of pyridine rings is 3. The number of fused-ring (bicyclic) bond motifs is 2. The van der Waals surface area contributed by atoms with Crippen LogP contribution in [0.4, 0.5) is 0 Å². The van der Waals surface area contributed by atoms with Crippen LogP contribution in [-0.2, 0) is 9.47 Å². The van der Waals surface area contributed by atoms with Gasteiger partial charge < -0.3 is 28.4 Å². The van der Waals surface area contributed by atoms with E-state index in [2.05, 4.69) is 9.97 Å². The van der Waals surface area contributed by atoms with Crippen molar-refractivity contribution in [2.45, 2.75) is 20.8 Å². The van der Waals surface area contributed by atoms with Crippen LogP contribution in [0.2, 0.25) is 0 Å². The van der Waals surface area contributed by atoms with Crippen LogP contribution < -0.4 is 18.9 Å². The molecule has 0 unspecified atom stereocenters. The topological polar surface area (TPSA) is 128 Å². The molecule has 2 aliphatic rings. The molecule has 0 atom stereocenters. The number of thiophene rings is 2. The molecule has 0 saturated carbocycles. The molecule has 13 heteroatoms. The van der Waals surface area contributed by atoms with Crippen molar-refractivity contribution in [3.05, 3.63) is 64.8 Å². The largest absolute Gasteiger partial charge is 0.485 e. The lowest BCUT2D eigenvalue weighted by Gasteiger charge is -2.18. The summed E-state index contributed by atoms with van der Waals surface area (Å²) < 4.78 is 34.8. The number of rotatable bonds is 8. The molecule has 0 fully saturated rings. The SMILES string of the molecule is CCOC(=O)c1ccnc(-c2cc(C(=O)OCC)cc(-c3cc(-c4sc(-c5sc(C)c6c5OCCO6)c5c4OCCO5)ccn3)n2)c1. The lowest BCUT2D eigenvalue weighted by atomic mass is 10.1. The molecule has 0 saturated heterocycles. The Hall–Kier alpha value is -5.01. The highest BCUT2D eigenvalue weighted by Gasteiger charge is 2.32. The third kappa shape index (κ3) is 5.87. The van der Waals surface area contributed by atoms with Crippen molar-refractivity contribution in [3.8, 4) is 66.0 Å². The average Bonchev–Trinajstić information content (AvgIpc) is 3.66. The third-order valence-electron chi connectivity index (χ3n) is 7.32. The fourth-order valence-electron chi connectivity index (χ4n) is 5.28. The number of hydrogen-bond donors (Lipinski definition) is 0. The molecule has 0 aromatic carbocycles. The molecule has 5 aromatic heterocycles. The second-order valence-corrected chi connectivity index (χ2v) is 12.6. The molecule has 0 radical (unpaired) electrons. The van der Waals surface area contributed by atoms with E-state index in [1.165, 1.54) is 6.20 Å². The Labute approximate surface area is 278 Å². The van der Waals surface area contributed by atoms with E-state index in [0.717, 1.165) is 36.6 Å². The number of ether oxygens (including phenoxy) is 6. The summed E-state index contributed by atoms with van der Waals surface area (Å²) in [6.45, 7) is 7.77. The summed E-state index contributed by atoms with van der Waals surface area (Å²) in [6.07, 6.45) is 3.19. The Bertz CT molecular complexity index is 2000. The van der Waals surface area contributed by atoms with Crippen LogP contribution in [-0.4, -0.2) is 66.5 Å². The monoisotopic (exact) mass is 671 g/mol. The van der Waals surface area contributed by atoms with Gasteiger partial charge in [0.25, 0.3) is 0 Å². The smallest absolute Gasteiger partial charge is 0.338 e. The van der Waals surface area contributed by atoms with Crippen LogP contribution in [0, 0.1) is 6.92 Å². The zero-order valence-electron chi connectivity index (χ0n) is 25.8. The molecule has 240 valence electrons. The summed E-state index contributed by atoms with van der Waals surface area (Å²) in [5, 5.41) is 0. The lowest BCUT2D eigenvalue weighted by Crippen LogP contribution is -2.15. The Morgan fingerprint density at radius 3 is 1.83 bits per heavy atom. The number of esters is 2. The van der Waals surface area contributed by atoms with Crippen molar-refractivity contribution in [2.75, 3.05) is 39.6 Å². The molecule has 0 spiro atoms. The Morgan fingerprint density at radius 1 is 0.660 bits per heavy atom. The van der Waals surface area contributed by atoms with Gasteiger partial charge in [0.15, 0.2) is 23.0 Å². The van der Waals surface area contributed by atoms with Crippen molar-refractivity contribution >= 4 is 34.6 Å². The van der Waals surface area contributed by atoms with Gasteiger partial charge in [-0.1, -0.05) is 0 Å². The van der Waals surface area contributed by atoms with Crippen LogP contribution in [0.1, 0.15) is 39.4 Å². The van der Waals surface area contributed by atoms with Crippen molar-refractivity contribution in [1.82, 2.24) is 15.0 Å². The number of hydrogen-bond acceptors (Lipinski definition) is 13. The molecule has 11 nitrogen and oxygen atoms in total. The van der Waals surface area contributed by atoms with E-state index in [1.54, 1.807) is 67.0 Å². The molecule has 0 bridgehead atoms. The van der Waals surface area contributed by atoms with Crippen LogP contribution in [0.15, 0.2) is 48.8 Å². The summed E-state index contributed by atoms with van der Waals surface area (Å²) in [6, 6.07) is 10.2. The van der Waals surface area contributed by atoms with Gasteiger partial charge in [-0.2, -0.15) is 0 Å². The summed E-state index contributed by atoms with van der Waals surface area (Å²) in [7, 11) is 0. The first-order chi connectivity index (χ1) is 22.9. The van der Waals surface area contributed by atoms with Crippen molar-refractivity contribution in [3.63, 3.8) is 0 Å². The van der Waals surface area contributed by atoms with Crippen molar-refractivity contribution < 1.29 is 38.0 Å². The second-order valence-electron chi connectivity index (χ2n) is 10.4. The summed E-state index contributed by atoms with van der Waals surface area (Å²) in [5.74, 6) is 1.83. The number of nitrogens with zero attached hydrogens (tertiary/aromatic N) is 3. The van der Waals surface area contributed by atoms with E-state index in [9.17, 15) is 9.59 Å². The molecule has 7 rings (SSSR count). The molecule has 0 aliphatic carbocycles. The van der Waals surface area contributed by atoms with Crippen LogP contribution in [0.5, 0.6) is 23.0 Å². The zero-order valence-corrected chi connectivity index (χ0v) is 27.4. The minimum absolute atomic E-state index is 0.203. The standard InChI is InChI=1S/C34H29N3O8S2/c1-4-40-33(38)20-7-9-36-23(15-20)25-17-21(34(39)41-5-2)16-24(37-25)22-14-19(6-8-35-22)30-28-29(45-13-12-44-28)32(47-30)31-27-26(18(3)46-31)42-10-11-43-27/h6-9,14-17H,4-5,10-13H2,1-3H3. The maximum Gasteiger partial charge on any atom is 0.338 e. The zero-order chi connectivity index (χ0) is 32.5. The normalized spacial score (nSPS) is 13.3. The lowest BCUT2D eigenvalue weighted by molar-refractivity contribution is 0.0516. The first kappa shape index (κ1) is 30.6. The maximum absolute atomic E-state index is 13.0. The summed E-state index contributed by atoms with van der Waals surface area (Å²) >= 11 is 3.14. The minimum atomic E-state index is -0.515. The summed E-state index contributed by atoms with van der Waals surface area (Å²) in [5.41, 5.74) is 3.13. The van der Waals surface area contributed by atoms with Crippen LogP contribution in [0.3, 0.4) is 0 Å². The van der Waals surface area contributed by atoms with Gasteiger partial charge in [0.2, 0.25) is 0 Å². The molecule has 47 heavy (non-hydrogen) atoms. The fraction of sp³-hybridized carbons (Fsp3) is 0.265. The molecule has 0 amide bonds. The van der Waals surface area contributed by atoms with Gasteiger partial charge in [-0.05, 0) is 62.7 Å². The molecule has 7 heterocycles. The van der Waals surface area contributed by atoms with Gasteiger partial charge in [-0.3, -0.25) is 9.97 Å². The minimum Gasteiger partial charge on any atom is -0.485 e. The molecular weight excluding hydrogens is 643 g/mol. The van der Waals surface area contributed by atoms with Crippen LogP contribution in [0.25, 0.3) is 43.0 Å². The highest BCUT2D eigenvalue weighted by Crippen LogP contribution is 2.59. The maximum atomic E-state index is 13.0. The Morgan fingerprint density at radius 2 is 1.17 bits per heavy atom. The van der Waals surface area contributed by atoms with E-state index in [4.69, 9.17) is 33.4 Å². The first-order valence-corrected chi connectivity index (χ1v) is 16.7. The fourth-order valence-corrected chi connectivity index (χ4v) is 7.64. The number of aryl methyl sites for hydroxylation is 1. The molecule has 0 N–H and O–H groups in total. The predicted octanol–water partition coefficient (Wildman–Crippen LogP) is 6.87. The number of carbonyl (C=O) groups is 2. The van der Waals surface area contributed by atoms with E-state index >= 15 is 0 Å². The van der Waals surface area contributed by atoms with Crippen molar-refractivity contribution in [2.24, 2.45) is 0 Å². The van der Waals surface area contributed by atoms with Gasteiger partial charge in [-0.15, -0.1) is 22.7 Å². The third-order valence-corrected chi connectivity index (χ3v) is 9.76. The van der Waals surface area contributed by atoms with E-state index in [0.29, 0.717) is 66.3 Å². The van der Waals surface area contributed by atoms with E-state index in [-0.39, 0.29) is 18.8 Å². The molecule has 2 aliphatic heterocycles. The second kappa shape index (κ2) is 13.0. The van der Waals surface area contributed by atoms with E-state index in [1.807, 2.05) is 19.1 Å². The van der Waals surface area contributed by atoms with Gasteiger partial charge in [-0.25, -0.2) is 14.6 Å². The molecule has 5 aromatic rings. The summed E-state index contributed by atoms with van der Waals surface area (Å²) in [4.78, 5) is 43.0. The number of aromatic nitrogens is 3.